The first-order chi connectivity index (χ1) is 15.7. The molecule has 3 aromatic rings. The molecule has 174 valence electrons. The summed E-state index contributed by atoms with van der Waals surface area (Å²) in [4.78, 5) is 0. The molecule has 0 aliphatic carbocycles. The third-order valence-corrected chi connectivity index (χ3v) is 9.04. The van der Waals surface area contributed by atoms with Gasteiger partial charge in [-0.1, -0.05) is 0 Å². The molecule has 5 heteroatoms. The van der Waals surface area contributed by atoms with Crippen molar-refractivity contribution in [1.29, 1.82) is 0 Å². The minimum atomic E-state index is -0.183. The summed E-state index contributed by atoms with van der Waals surface area (Å²) >= 11 is 0.0563. The van der Waals surface area contributed by atoms with Gasteiger partial charge in [-0.05, 0) is 0 Å². The van der Waals surface area contributed by atoms with E-state index in [4.69, 9.17) is 18.9 Å². The summed E-state index contributed by atoms with van der Waals surface area (Å²) in [6, 6.07) is 12.9. The van der Waals surface area contributed by atoms with E-state index in [1.165, 1.54) is 20.0 Å². The van der Waals surface area contributed by atoms with E-state index in [1.807, 2.05) is 0 Å². The molecular formula is C28H32O4Se. The summed E-state index contributed by atoms with van der Waals surface area (Å²) in [7, 11) is 3.48. The van der Waals surface area contributed by atoms with Gasteiger partial charge in [0, 0.05) is 0 Å². The van der Waals surface area contributed by atoms with Crippen molar-refractivity contribution in [2.24, 2.45) is 0 Å². The van der Waals surface area contributed by atoms with Crippen LogP contribution in [0.2, 0.25) is 0 Å². The number of hydrogen-bond donors (Lipinski definition) is 0. The van der Waals surface area contributed by atoms with Crippen molar-refractivity contribution in [3.63, 3.8) is 0 Å². The van der Waals surface area contributed by atoms with Crippen LogP contribution in [-0.4, -0.2) is 39.9 Å². The SMILES string of the molecule is COc1ccc2c(c1-c1ccc(-c3c(OC)ccc4c3OC(C)(C)CC4)[se]1)OC(C)(C)CC2. The Hall–Kier alpha value is -2.36. The first-order valence-electron chi connectivity index (χ1n) is 11.6. The van der Waals surface area contributed by atoms with E-state index in [1.54, 1.807) is 14.2 Å². The van der Waals surface area contributed by atoms with E-state index in [-0.39, 0.29) is 25.7 Å². The molecule has 2 aromatic carbocycles. The Kier molecular flexibility index (Phi) is 5.54. The van der Waals surface area contributed by atoms with Crippen molar-refractivity contribution in [2.75, 3.05) is 14.2 Å². The van der Waals surface area contributed by atoms with Crippen molar-refractivity contribution in [2.45, 2.75) is 64.6 Å². The Bertz CT molecular complexity index is 1110. The van der Waals surface area contributed by atoms with Crippen molar-refractivity contribution < 1.29 is 18.9 Å². The second-order valence-electron chi connectivity index (χ2n) is 10.1. The summed E-state index contributed by atoms with van der Waals surface area (Å²) in [5.74, 6) is 3.70. The van der Waals surface area contributed by atoms with Crippen LogP contribution < -0.4 is 18.9 Å². The summed E-state index contributed by atoms with van der Waals surface area (Å²) in [5.41, 5.74) is 4.35. The molecule has 0 saturated heterocycles. The number of benzene rings is 2. The van der Waals surface area contributed by atoms with Crippen LogP contribution in [0, 0.1) is 0 Å². The fourth-order valence-corrected chi connectivity index (χ4v) is 7.09. The van der Waals surface area contributed by atoms with Gasteiger partial charge in [-0.25, -0.2) is 0 Å². The number of rotatable bonds is 4. The van der Waals surface area contributed by atoms with Gasteiger partial charge in [-0.3, -0.25) is 0 Å². The van der Waals surface area contributed by atoms with Gasteiger partial charge in [0.2, 0.25) is 0 Å². The monoisotopic (exact) mass is 512 g/mol. The number of methoxy groups -OCH3 is 2. The van der Waals surface area contributed by atoms with E-state index >= 15 is 0 Å². The first-order valence-corrected chi connectivity index (χ1v) is 13.3. The van der Waals surface area contributed by atoms with E-state index in [9.17, 15) is 0 Å². The van der Waals surface area contributed by atoms with Gasteiger partial charge in [0.25, 0.3) is 0 Å². The zero-order valence-corrected chi connectivity index (χ0v) is 22.0. The molecule has 0 spiro atoms. The molecule has 2 aliphatic heterocycles. The van der Waals surface area contributed by atoms with Gasteiger partial charge in [0.1, 0.15) is 0 Å². The number of hydrogen-bond acceptors (Lipinski definition) is 4. The second kappa shape index (κ2) is 8.14. The fraction of sp³-hybridized carbons (Fsp3) is 0.429. The van der Waals surface area contributed by atoms with Crippen LogP contribution in [0.5, 0.6) is 23.0 Å². The van der Waals surface area contributed by atoms with Crippen LogP contribution in [-0.2, 0) is 12.8 Å². The van der Waals surface area contributed by atoms with Crippen LogP contribution in [0.4, 0.5) is 0 Å². The summed E-state index contributed by atoms with van der Waals surface area (Å²) in [5, 5.41) is 0. The summed E-state index contributed by atoms with van der Waals surface area (Å²) < 4.78 is 27.2. The van der Waals surface area contributed by atoms with Crippen molar-refractivity contribution in [1.82, 2.24) is 0 Å². The van der Waals surface area contributed by atoms with Gasteiger partial charge in [0.15, 0.2) is 0 Å². The molecule has 1 aromatic heterocycles. The van der Waals surface area contributed by atoms with E-state index in [0.717, 1.165) is 59.8 Å². The van der Waals surface area contributed by atoms with Gasteiger partial charge in [-0.2, -0.15) is 0 Å². The quantitative estimate of drug-likeness (QED) is 0.385. The number of fused-ring (bicyclic) bond motifs is 2. The average molecular weight is 512 g/mol. The molecule has 0 amide bonds. The molecule has 0 radical (unpaired) electrons. The molecule has 0 fully saturated rings. The molecule has 0 atom stereocenters. The molecule has 0 saturated carbocycles. The van der Waals surface area contributed by atoms with Crippen LogP contribution in [0.3, 0.4) is 0 Å². The van der Waals surface area contributed by atoms with E-state index in [0.29, 0.717) is 0 Å². The average Bonchev–Trinajstić information content (AvgIpc) is 3.25. The Morgan fingerprint density at radius 2 is 1.09 bits per heavy atom. The Morgan fingerprint density at radius 3 is 1.48 bits per heavy atom. The predicted octanol–water partition coefficient (Wildman–Crippen LogP) is 6.30. The molecule has 0 bridgehead atoms. The fourth-order valence-electron chi connectivity index (χ4n) is 4.78. The van der Waals surface area contributed by atoms with Gasteiger partial charge < -0.3 is 0 Å². The minimum absolute atomic E-state index is 0.0563. The number of ether oxygens (including phenoxy) is 4. The molecular weight excluding hydrogens is 479 g/mol. The van der Waals surface area contributed by atoms with E-state index < -0.39 is 0 Å². The van der Waals surface area contributed by atoms with Gasteiger partial charge in [-0.15, -0.1) is 0 Å². The Labute approximate surface area is 202 Å². The van der Waals surface area contributed by atoms with E-state index in [2.05, 4.69) is 64.1 Å². The molecule has 3 heterocycles. The Balaban J connectivity index is 1.66. The molecule has 4 nitrogen and oxygen atoms in total. The summed E-state index contributed by atoms with van der Waals surface area (Å²) in [6.07, 6.45) is 4.06. The van der Waals surface area contributed by atoms with Crippen molar-refractivity contribution in [3.05, 3.63) is 47.5 Å². The van der Waals surface area contributed by atoms with Crippen molar-refractivity contribution in [3.8, 4) is 43.0 Å². The standard InChI is InChI=1S/C28H32O4Se/c1-27(2)15-13-17-7-9-19(29-5)23(25(17)31-27)21-11-12-22(33-21)24-20(30-6)10-8-18-14-16-28(3,4)32-26(18)24/h7-12H,13-16H2,1-6H3. The van der Waals surface area contributed by atoms with Gasteiger partial charge in [0.05, 0.1) is 0 Å². The van der Waals surface area contributed by atoms with Gasteiger partial charge >= 0.3 is 203 Å². The number of aryl methyl sites for hydroxylation is 2. The zero-order chi connectivity index (χ0) is 23.4. The predicted molar refractivity (Wildman–Crippen MR) is 133 cm³/mol. The maximum atomic E-state index is 6.53. The zero-order valence-electron chi connectivity index (χ0n) is 20.3. The third-order valence-electron chi connectivity index (χ3n) is 6.69. The van der Waals surface area contributed by atoms with Crippen molar-refractivity contribution >= 4 is 14.5 Å². The van der Waals surface area contributed by atoms with Crippen LogP contribution >= 0.6 is 0 Å². The molecule has 33 heavy (non-hydrogen) atoms. The second-order valence-corrected chi connectivity index (χ2v) is 12.4. The molecule has 0 unspecified atom stereocenters. The first kappa shape index (κ1) is 22.4. The maximum absolute atomic E-state index is 6.53. The topological polar surface area (TPSA) is 36.9 Å². The van der Waals surface area contributed by atoms with Crippen LogP contribution in [0.25, 0.3) is 20.0 Å². The Morgan fingerprint density at radius 1 is 0.667 bits per heavy atom. The third kappa shape index (κ3) is 4.06. The van der Waals surface area contributed by atoms with Crippen LogP contribution in [0.15, 0.2) is 36.4 Å². The van der Waals surface area contributed by atoms with Crippen LogP contribution in [0.1, 0.15) is 51.7 Å². The molecule has 2 aliphatic rings. The molecule has 0 N–H and O–H groups in total. The summed E-state index contributed by atoms with van der Waals surface area (Å²) in [6.45, 7) is 8.66. The normalized spacial score (nSPS) is 17.9. The molecule has 5 rings (SSSR count).